The first kappa shape index (κ1) is 16.2. The molecule has 0 aliphatic carbocycles. The van der Waals surface area contributed by atoms with E-state index in [2.05, 4.69) is 41.4 Å². The minimum Gasteiger partial charge on any atom is -0.370 e. The van der Waals surface area contributed by atoms with Crippen LogP contribution in [0.5, 0.6) is 0 Å². The first-order valence-corrected chi connectivity index (χ1v) is 7.17. The number of amides is 1. The molecule has 112 valence electrons. The number of nitrogens with two attached hydrogens (primary N) is 1. The fourth-order valence-electron chi connectivity index (χ4n) is 1.94. The maximum atomic E-state index is 10.7. The van der Waals surface area contributed by atoms with Crippen LogP contribution in [0.2, 0.25) is 0 Å². The lowest BCUT2D eigenvalue weighted by molar-refractivity contribution is -0.118. The SMILES string of the molecule is CCCNc1ncnc(NCCCC(N)=O)c1C(C)C. The fraction of sp³-hybridized carbons (Fsp3) is 0.643. The summed E-state index contributed by atoms with van der Waals surface area (Å²) >= 11 is 0. The Balaban J connectivity index is 2.75. The van der Waals surface area contributed by atoms with Crippen molar-refractivity contribution in [2.45, 2.75) is 46.0 Å². The summed E-state index contributed by atoms with van der Waals surface area (Å²) in [7, 11) is 0. The molecule has 1 aromatic rings. The summed E-state index contributed by atoms with van der Waals surface area (Å²) < 4.78 is 0. The van der Waals surface area contributed by atoms with Crippen molar-refractivity contribution in [3.63, 3.8) is 0 Å². The standard InChI is InChI=1S/C14H25N5O/c1-4-7-16-13-12(10(2)3)14(19-9-18-13)17-8-5-6-11(15)20/h9-10H,4-8H2,1-3H3,(H2,15,20)(H2,16,17,18,19). The Hall–Kier alpha value is -1.85. The van der Waals surface area contributed by atoms with Crippen LogP contribution in [0.3, 0.4) is 0 Å². The molecular formula is C14H25N5O. The fourth-order valence-corrected chi connectivity index (χ4v) is 1.94. The molecule has 0 aliphatic rings. The molecule has 1 amide bonds. The Labute approximate surface area is 120 Å². The summed E-state index contributed by atoms with van der Waals surface area (Å²) in [5.74, 6) is 1.75. The van der Waals surface area contributed by atoms with Crippen LogP contribution in [0, 0.1) is 0 Å². The number of carbonyl (C=O) groups excluding carboxylic acids is 1. The molecule has 1 aromatic heterocycles. The van der Waals surface area contributed by atoms with Crippen LogP contribution < -0.4 is 16.4 Å². The van der Waals surface area contributed by atoms with Gasteiger partial charge in [-0.2, -0.15) is 0 Å². The van der Waals surface area contributed by atoms with Crippen LogP contribution in [-0.2, 0) is 4.79 Å². The largest absolute Gasteiger partial charge is 0.370 e. The van der Waals surface area contributed by atoms with Gasteiger partial charge < -0.3 is 16.4 Å². The molecule has 0 saturated heterocycles. The number of aromatic nitrogens is 2. The van der Waals surface area contributed by atoms with Crippen molar-refractivity contribution in [3.8, 4) is 0 Å². The molecule has 1 rings (SSSR count). The van der Waals surface area contributed by atoms with Crippen molar-refractivity contribution in [2.75, 3.05) is 23.7 Å². The second kappa shape index (κ2) is 8.35. The smallest absolute Gasteiger partial charge is 0.217 e. The molecule has 20 heavy (non-hydrogen) atoms. The first-order valence-electron chi connectivity index (χ1n) is 7.17. The third-order valence-corrected chi connectivity index (χ3v) is 2.90. The molecule has 0 unspecified atom stereocenters. The van der Waals surface area contributed by atoms with Gasteiger partial charge in [0.2, 0.25) is 5.91 Å². The van der Waals surface area contributed by atoms with Crippen molar-refractivity contribution in [1.82, 2.24) is 9.97 Å². The Kier molecular flexibility index (Phi) is 6.76. The van der Waals surface area contributed by atoms with E-state index in [4.69, 9.17) is 5.73 Å². The van der Waals surface area contributed by atoms with Gasteiger partial charge in [-0.15, -0.1) is 0 Å². The summed E-state index contributed by atoms with van der Waals surface area (Å²) in [4.78, 5) is 19.3. The molecule has 4 N–H and O–H groups in total. The van der Waals surface area contributed by atoms with Gasteiger partial charge in [0, 0.05) is 25.1 Å². The van der Waals surface area contributed by atoms with Gasteiger partial charge in [-0.3, -0.25) is 4.79 Å². The third kappa shape index (κ3) is 5.03. The van der Waals surface area contributed by atoms with Gasteiger partial charge in [-0.25, -0.2) is 9.97 Å². The van der Waals surface area contributed by atoms with E-state index in [-0.39, 0.29) is 5.91 Å². The van der Waals surface area contributed by atoms with Crippen LogP contribution in [0.4, 0.5) is 11.6 Å². The minimum absolute atomic E-state index is 0.274. The van der Waals surface area contributed by atoms with Gasteiger partial charge >= 0.3 is 0 Å². The van der Waals surface area contributed by atoms with Gasteiger partial charge in [-0.1, -0.05) is 20.8 Å². The number of carbonyl (C=O) groups is 1. The van der Waals surface area contributed by atoms with Gasteiger partial charge in [0.15, 0.2) is 0 Å². The van der Waals surface area contributed by atoms with Crippen LogP contribution in [-0.4, -0.2) is 29.0 Å². The van der Waals surface area contributed by atoms with E-state index < -0.39 is 0 Å². The minimum atomic E-state index is -0.274. The second-order valence-electron chi connectivity index (χ2n) is 5.06. The van der Waals surface area contributed by atoms with Crippen molar-refractivity contribution >= 4 is 17.5 Å². The summed E-state index contributed by atoms with van der Waals surface area (Å²) in [6, 6.07) is 0. The third-order valence-electron chi connectivity index (χ3n) is 2.90. The maximum Gasteiger partial charge on any atom is 0.217 e. The highest BCUT2D eigenvalue weighted by molar-refractivity contribution is 5.73. The van der Waals surface area contributed by atoms with Crippen molar-refractivity contribution in [3.05, 3.63) is 11.9 Å². The lowest BCUT2D eigenvalue weighted by Gasteiger charge is -2.17. The molecule has 0 radical (unpaired) electrons. The number of nitrogens with zero attached hydrogens (tertiary/aromatic N) is 2. The lowest BCUT2D eigenvalue weighted by atomic mass is 10.0. The topological polar surface area (TPSA) is 92.9 Å². The number of hydrogen-bond donors (Lipinski definition) is 3. The molecule has 0 bridgehead atoms. The van der Waals surface area contributed by atoms with E-state index in [0.29, 0.717) is 25.3 Å². The molecule has 6 nitrogen and oxygen atoms in total. The zero-order valence-corrected chi connectivity index (χ0v) is 12.6. The molecule has 0 spiro atoms. The highest BCUT2D eigenvalue weighted by Gasteiger charge is 2.14. The number of rotatable bonds is 9. The molecule has 0 aliphatic heterocycles. The van der Waals surface area contributed by atoms with Gasteiger partial charge in [0.25, 0.3) is 0 Å². The normalized spacial score (nSPS) is 10.6. The predicted molar refractivity (Wildman–Crippen MR) is 81.8 cm³/mol. The van der Waals surface area contributed by atoms with E-state index in [0.717, 1.165) is 30.2 Å². The molecule has 0 fully saturated rings. The molecule has 0 atom stereocenters. The van der Waals surface area contributed by atoms with Gasteiger partial charge in [0.1, 0.15) is 18.0 Å². The van der Waals surface area contributed by atoms with E-state index in [1.165, 1.54) is 0 Å². The first-order chi connectivity index (χ1) is 9.56. The summed E-state index contributed by atoms with van der Waals surface area (Å²) in [5.41, 5.74) is 6.21. The predicted octanol–water partition coefficient (Wildman–Crippen LogP) is 2.10. The average molecular weight is 279 g/mol. The zero-order valence-electron chi connectivity index (χ0n) is 12.6. The second-order valence-corrected chi connectivity index (χ2v) is 5.06. The molecule has 0 aromatic carbocycles. The average Bonchev–Trinajstić information content (AvgIpc) is 2.40. The Morgan fingerprint density at radius 2 is 1.85 bits per heavy atom. The summed E-state index contributed by atoms with van der Waals surface area (Å²) in [5, 5.41) is 6.60. The van der Waals surface area contributed by atoms with Crippen molar-refractivity contribution < 1.29 is 4.79 Å². The van der Waals surface area contributed by atoms with Crippen LogP contribution in [0.1, 0.15) is 51.5 Å². The molecule has 0 saturated carbocycles. The monoisotopic (exact) mass is 279 g/mol. The highest BCUT2D eigenvalue weighted by Crippen LogP contribution is 2.28. The van der Waals surface area contributed by atoms with Crippen LogP contribution in [0.15, 0.2) is 6.33 Å². The van der Waals surface area contributed by atoms with E-state index >= 15 is 0 Å². The zero-order chi connectivity index (χ0) is 15.0. The molecule has 6 heteroatoms. The highest BCUT2D eigenvalue weighted by atomic mass is 16.1. The van der Waals surface area contributed by atoms with Gasteiger partial charge in [-0.05, 0) is 18.8 Å². The Bertz CT molecular complexity index is 434. The number of hydrogen-bond acceptors (Lipinski definition) is 5. The number of nitrogens with one attached hydrogen (secondary N) is 2. The van der Waals surface area contributed by atoms with Gasteiger partial charge in [0.05, 0.1) is 0 Å². The van der Waals surface area contributed by atoms with Crippen LogP contribution in [0.25, 0.3) is 0 Å². The van der Waals surface area contributed by atoms with Crippen LogP contribution >= 0.6 is 0 Å². The maximum absolute atomic E-state index is 10.7. The van der Waals surface area contributed by atoms with E-state index in [1.54, 1.807) is 6.33 Å². The number of anilines is 2. The van der Waals surface area contributed by atoms with Crippen molar-refractivity contribution in [1.29, 1.82) is 0 Å². The lowest BCUT2D eigenvalue weighted by Crippen LogP contribution is -2.15. The Morgan fingerprint density at radius 3 is 2.35 bits per heavy atom. The Morgan fingerprint density at radius 1 is 1.25 bits per heavy atom. The summed E-state index contributed by atoms with van der Waals surface area (Å²) in [6.07, 6.45) is 3.69. The quantitative estimate of drug-likeness (QED) is 0.602. The number of primary amides is 1. The van der Waals surface area contributed by atoms with E-state index in [9.17, 15) is 4.79 Å². The molecular weight excluding hydrogens is 254 g/mol. The summed E-state index contributed by atoms with van der Waals surface area (Å²) in [6.45, 7) is 7.91. The van der Waals surface area contributed by atoms with Crippen molar-refractivity contribution in [2.24, 2.45) is 5.73 Å². The van der Waals surface area contributed by atoms with E-state index in [1.807, 2.05) is 0 Å². The molecule has 1 heterocycles.